The van der Waals surface area contributed by atoms with Crippen LogP contribution in [0.4, 0.5) is 0 Å². The van der Waals surface area contributed by atoms with Gasteiger partial charge in [-0.15, -0.1) is 0 Å². The second-order valence-corrected chi connectivity index (χ2v) is 6.25. The number of hydrogen-bond donors (Lipinski definition) is 2. The van der Waals surface area contributed by atoms with Gasteiger partial charge < -0.3 is 10.2 Å². The third-order valence-electron chi connectivity index (χ3n) is 4.34. The maximum atomic E-state index is 9.90. The van der Waals surface area contributed by atoms with Gasteiger partial charge in [0.2, 0.25) is 0 Å². The van der Waals surface area contributed by atoms with Crippen molar-refractivity contribution in [2.45, 2.75) is 20.3 Å². The monoisotopic (exact) mass is 357 g/mol. The fourth-order valence-corrected chi connectivity index (χ4v) is 2.88. The largest absolute Gasteiger partial charge is 0.504 e. The Morgan fingerprint density at radius 1 is 0.889 bits per heavy atom. The quantitative estimate of drug-likeness (QED) is 0.422. The minimum atomic E-state index is -0.135. The number of phenols is 2. The Balaban J connectivity index is 2.19. The first-order chi connectivity index (χ1) is 13.1. The molecule has 2 aromatic carbocycles. The molecule has 0 amide bonds. The molecule has 0 saturated heterocycles. The zero-order valence-corrected chi connectivity index (χ0v) is 15.6. The van der Waals surface area contributed by atoms with Crippen molar-refractivity contribution in [3.63, 3.8) is 0 Å². The van der Waals surface area contributed by atoms with E-state index in [1.165, 1.54) is 6.07 Å². The molecule has 0 aliphatic rings. The van der Waals surface area contributed by atoms with E-state index in [0.29, 0.717) is 0 Å². The Kier molecular flexibility index (Phi) is 5.72. The summed E-state index contributed by atoms with van der Waals surface area (Å²) in [7, 11) is 0. The van der Waals surface area contributed by atoms with Crippen molar-refractivity contribution in [3.05, 3.63) is 84.6 Å². The Labute approximate surface area is 160 Å². The molecule has 0 unspecified atom stereocenters. The molecule has 0 aliphatic carbocycles. The summed E-state index contributed by atoms with van der Waals surface area (Å²) in [4.78, 5) is 4.86. The SMILES string of the molecule is C/C=C(\C=C/CC)c1cc(-c2ccc(O)c(O)c2)cc(-c2ccccc2)n1. The third-order valence-corrected chi connectivity index (χ3v) is 4.34. The van der Waals surface area contributed by atoms with E-state index in [0.717, 1.165) is 40.1 Å². The van der Waals surface area contributed by atoms with E-state index in [-0.39, 0.29) is 11.5 Å². The van der Waals surface area contributed by atoms with Crippen LogP contribution in [0.3, 0.4) is 0 Å². The second-order valence-electron chi connectivity index (χ2n) is 6.25. The molecule has 0 atom stereocenters. The van der Waals surface area contributed by atoms with E-state index in [1.807, 2.05) is 55.5 Å². The number of phenolic OH excluding ortho intramolecular Hbond substituents is 2. The molecular formula is C24H23NO2. The highest BCUT2D eigenvalue weighted by atomic mass is 16.3. The number of hydrogen-bond acceptors (Lipinski definition) is 3. The van der Waals surface area contributed by atoms with Crippen LogP contribution < -0.4 is 0 Å². The average Bonchev–Trinajstić information content (AvgIpc) is 2.71. The summed E-state index contributed by atoms with van der Waals surface area (Å²) in [6.45, 7) is 4.10. The summed E-state index contributed by atoms with van der Waals surface area (Å²) in [5, 5.41) is 19.5. The highest BCUT2D eigenvalue weighted by molar-refractivity contribution is 5.79. The Morgan fingerprint density at radius 2 is 1.67 bits per heavy atom. The number of allylic oxidation sites excluding steroid dienone is 4. The van der Waals surface area contributed by atoms with Crippen molar-refractivity contribution < 1.29 is 10.2 Å². The molecule has 2 N–H and O–H groups in total. The lowest BCUT2D eigenvalue weighted by atomic mass is 9.99. The van der Waals surface area contributed by atoms with Crippen LogP contribution in [-0.4, -0.2) is 15.2 Å². The lowest BCUT2D eigenvalue weighted by molar-refractivity contribution is 0.404. The van der Waals surface area contributed by atoms with Crippen molar-refractivity contribution in [1.82, 2.24) is 4.98 Å². The van der Waals surface area contributed by atoms with Crippen molar-refractivity contribution in [3.8, 4) is 33.9 Å². The summed E-state index contributed by atoms with van der Waals surface area (Å²) in [5.41, 5.74) is 5.54. The first-order valence-electron chi connectivity index (χ1n) is 9.05. The molecular weight excluding hydrogens is 334 g/mol. The minimum absolute atomic E-state index is 0.128. The normalized spacial score (nSPS) is 11.9. The van der Waals surface area contributed by atoms with Crippen LogP contribution >= 0.6 is 0 Å². The van der Waals surface area contributed by atoms with Gasteiger partial charge in [0, 0.05) is 5.56 Å². The van der Waals surface area contributed by atoms with Gasteiger partial charge in [-0.05, 0) is 54.3 Å². The maximum Gasteiger partial charge on any atom is 0.158 e. The standard InChI is InChI=1S/C24H23NO2/c1-3-5-9-17(4-2)21-14-20(19-12-13-23(26)24(27)16-19)15-22(25-21)18-10-7-6-8-11-18/h4-16,26-27H,3H2,1-2H3/b9-5-,17-4+. The first kappa shape index (κ1) is 18.5. The molecule has 3 nitrogen and oxygen atoms in total. The average molecular weight is 357 g/mol. The fourth-order valence-electron chi connectivity index (χ4n) is 2.88. The lowest BCUT2D eigenvalue weighted by Crippen LogP contribution is -1.93. The van der Waals surface area contributed by atoms with Gasteiger partial charge in [-0.25, -0.2) is 4.98 Å². The van der Waals surface area contributed by atoms with Crippen LogP contribution in [-0.2, 0) is 0 Å². The first-order valence-corrected chi connectivity index (χ1v) is 9.05. The smallest absolute Gasteiger partial charge is 0.158 e. The zero-order valence-electron chi connectivity index (χ0n) is 15.6. The fraction of sp³-hybridized carbons (Fsp3) is 0.125. The van der Waals surface area contributed by atoms with Crippen molar-refractivity contribution in [2.75, 3.05) is 0 Å². The molecule has 1 aromatic heterocycles. The van der Waals surface area contributed by atoms with Gasteiger partial charge in [0.1, 0.15) is 0 Å². The summed E-state index contributed by atoms with van der Waals surface area (Å²) < 4.78 is 0. The van der Waals surface area contributed by atoms with Crippen LogP contribution in [0, 0.1) is 0 Å². The molecule has 27 heavy (non-hydrogen) atoms. The van der Waals surface area contributed by atoms with E-state index in [1.54, 1.807) is 12.1 Å². The van der Waals surface area contributed by atoms with Gasteiger partial charge in [-0.2, -0.15) is 0 Å². The molecule has 0 aliphatic heterocycles. The van der Waals surface area contributed by atoms with Gasteiger partial charge in [0.25, 0.3) is 0 Å². The predicted octanol–water partition coefficient (Wildman–Crippen LogP) is 6.20. The van der Waals surface area contributed by atoms with Crippen LogP contribution in [0.5, 0.6) is 11.5 Å². The predicted molar refractivity (Wildman–Crippen MR) is 112 cm³/mol. The van der Waals surface area contributed by atoms with E-state index < -0.39 is 0 Å². The van der Waals surface area contributed by atoms with Gasteiger partial charge in [-0.1, -0.05) is 61.5 Å². The summed E-state index contributed by atoms with van der Waals surface area (Å²) in [6, 6.07) is 18.9. The molecule has 3 heteroatoms. The topological polar surface area (TPSA) is 53.4 Å². The van der Waals surface area contributed by atoms with E-state index in [2.05, 4.69) is 19.1 Å². The van der Waals surface area contributed by atoms with Gasteiger partial charge in [0.05, 0.1) is 11.4 Å². The Hall–Kier alpha value is -3.33. The van der Waals surface area contributed by atoms with Gasteiger partial charge >= 0.3 is 0 Å². The van der Waals surface area contributed by atoms with Gasteiger partial charge in [-0.3, -0.25) is 0 Å². The molecule has 0 spiro atoms. The van der Waals surface area contributed by atoms with Crippen molar-refractivity contribution in [1.29, 1.82) is 0 Å². The van der Waals surface area contributed by atoms with E-state index in [9.17, 15) is 10.2 Å². The summed E-state index contributed by atoms with van der Waals surface area (Å²) >= 11 is 0. The second kappa shape index (κ2) is 8.37. The minimum Gasteiger partial charge on any atom is -0.504 e. The molecule has 1 heterocycles. The van der Waals surface area contributed by atoms with Crippen molar-refractivity contribution >= 4 is 5.57 Å². The number of aromatic hydroxyl groups is 2. The highest BCUT2D eigenvalue weighted by Gasteiger charge is 2.10. The molecule has 0 radical (unpaired) electrons. The highest BCUT2D eigenvalue weighted by Crippen LogP contribution is 2.33. The van der Waals surface area contributed by atoms with Crippen LogP contribution in [0.25, 0.3) is 28.0 Å². The Morgan fingerprint density at radius 3 is 2.33 bits per heavy atom. The molecule has 136 valence electrons. The van der Waals surface area contributed by atoms with Crippen LogP contribution in [0.2, 0.25) is 0 Å². The number of aromatic nitrogens is 1. The lowest BCUT2D eigenvalue weighted by Gasteiger charge is -2.11. The van der Waals surface area contributed by atoms with Crippen LogP contribution in [0.15, 0.2) is 78.9 Å². The maximum absolute atomic E-state index is 9.90. The summed E-state index contributed by atoms with van der Waals surface area (Å²) in [6.07, 6.45) is 7.18. The summed E-state index contributed by atoms with van der Waals surface area (Å²) in [5.74, 6) is -0.263. The molecule has 0 fully saturated rings. The van der Waals surface area contributed by atoms with Crippen molar-refractivity contribution in [2.24, 2.45) is 0 Å². The molecule has 0 saturated carbocycles. The van der Waals surface area contributed by atoms with Crippen LogP contribution in [0.1, 0.15) is 26.0 Å². The van der Waals surface area contributed by atoms with Gasteiger partial charge in [0.15, 0.2) is 11.5 Å². The van der Waals surface area contributed by atoms with E-state index in [4.69, 9.17) is 4.98 Å². The number of benzene rings is 2. The number of pyridine rings is 1. The number of rotatable bonds is 5. The molecule has 3 aromatic rings. The number of nitrogens with zero attached hydrogens (tertiary/aromatic N) is 1. The Bertz CT molecular complexity index is 989. The third kappa shape index (κ3) is 4.26. The molecule has 0 bridgehead atoms. The molecule has 3 rings (SSSR count). The van der Waals surface area contributed by atoms with E-state index >= 15 is 0 Å². The zero-order chi connectivity index (χ0) is 19.2.